The van der Waals surface area contributed by atoms with Crippen molar-refractivity contribution in [2.75, 3.05) is 14.2 Å². The fourth-order valence-electron chi connectivity index (χ4n) is 2.17. The van der Waals surface area contributed by atoms with Crippen molar-refractivity contribution in [2.24, 2.45) is 0 Å². The van der Waals surface area contributed by atoms with Crippen LogP contribution < -0.4 is 0 Å². The largest absolute Gasteiger partial charge is 0.379 e. The smallest absolute Gasteiger partial charge is 0.0838 e. The van der Waals surface area contributed by atoms with E-state index in [1.54, 1.807) is 14.2 Å². The Labute approximate surface area is 120 Å². The highest BCUT2D eigenvalue weighted by Gasteiger charge is 2.25. The Morgan fingerprint density at radius 3 is 1.37 bits per heavy atom. The molecule has 0 bridgehead atoms. The zero-order valence-corrected chi connectivity index (χ0v) is 13.8. The molecular formula is C16H34O3. The van der Waals surface area contributed by atoms with Crippen LogP contribution in [0.25, 0.3) is 0 Å². The Balaban J connectivity index is 4.51. The summed E-state index contributed by atoms with van der Waals surface area (Å²) in [4.78, 5) is 0. The van der Waals surface area contributed by atoms with Crippen LogP contribution in [0.1, 0.15) is 66.2 Å². The van der Waals surface area contributed by atoms with Crippen LogP contribution in [0.4, 0.5) is 0 Å². The minimum Gasteiger partial charge on any atom is -0.379 e. The minimum atomic E-state index is 0.139. The third-order valence-corrected chi connectivity index (χ3v) is 3.82. The van der Waals surface area contributed by atoms with Crippen molar-refractivity contribution in [1.82, 2.24) is 0 Å². The molecule has 0 rings (SSSR count). The normalized spacial score (nSPS) is 18.0. The van der Waals surface area contributed by atoms with Crippen LogP contribution in [0.5, 0.6) is 0 Å². The summed E-state index contributed by atoms with van der Waals surface area (Å²) < 4.78 is 17.2. The van der Waals surface area contributed by atoms with Gasteiger partial charge in [0.1, 0.15) is 0 Å². The monoisotopic (exact) mass is 274 g/mol. The molecule has 0 aromatic heterocycles. The summed E-state index contributed by atoms with van der Waals surface area (Å²) in [5.41, 5.74) is 0. The van der Waals surface area contributed by atoms with Gasteiger partial charge in [-0.05, 0) is 26.7 Å². The topological polar surface area (TPSA) is 27.7 Å². The number of hydrogen-bond donors (Lipinski definition) is 0. The zero-order chi connectivity index (χ0) is 14.7. The highest BCUT2D eigenvalue weighted by molar-refractivity contribution is 4.73. The van der Waals surface area contributed by atoms with Gasteiger partial charge >= 0.3 is 0 Å². The first-order valence-corrected chi connectivity index (χ1v) is 7.81. The summed E-state index contributed by atoms with van der Waals surface area (Å²) in [6, 6.07) is 0. The summed E-state index contributed by atoms with van der Waals surface area (Å²) in [5, 5.41) is 0. The maximum absolute atomic E-state index is 6.31. The molecule has 0 heterocycles. The van der Waals surface area contributed by atoms with Crippen molar-refractivity contribution < 1.29 is 14.2 Å². The van der Waals surface area contributed by atoms with Gasteiger partial charge < -0.3 is 14.2 Å². The standard InChI is InChI=1S/C16H34O3/c1-7-9-11-15(13(3)17-5)19-16(12-10-8-2)14(4)18-6/h13-16H,7-12H2,1-6H3. The molecule has 0 aliphatic carbocycles. The molecular weight excluding hydrogens is 240 g/mol. The molecule has 0 radical (unpaired) electrons. The van der Waals surface area contributed by atoms with Crippen LogP contribution in [0.2, 0.25) is 0 Å². The second-order valence-corrected chi connectivity index (χ2v) is 5.38. The maximum atomic E-state index is 6.31. The molecule has 4 unspecified atom stereocenters. The number of methoxy groups -OCH3 is 2. The van der Waals surface area contributed by atoms with Gasteiger partial charge in [0.15, 0.2) is 0 Å². The molecule has 4 atom stereocenters. The van der Waals surface area contributed by atoms with Gasteiger partial charge in [-0.2, -0.15) is 0 Å². The zero-order valence-electron chi connectivity index (χ0n) is 13.8. The Kier molecular flexibility index (Phi) is 11.6. The van der Waals surface area contributed by atoms with Gasteiger partial charge in [0.05, 0.1) is 24.4 Å². The van der Waals surface area contributed by atoms with E-state index in [1.165, 1.54) is 25.7 Å². The first-order valence-electron chi connectivity index (χ1n) is 7.81. The van der Waals surface area contributed by atoms with Crippen molar-refractivity contribution in [3.05, 3.63) is 0 Å². The fraction of sp³-hybridized carbons (Fsp3) is 1.00. The van der Waals surface area contributed by atoms with Gasteiger partial charge in [-0.3, -0.25) is 0 Å². The van der Waals surface area contributed by atoms with E-state index in [4.69, 9.17) is 14.2 Å². The van der Waals surface area contributed by atoms with Gasteiger partial charge in [0.2, 0.25) is 0 Å². The molecule has 0 N–H and O–H groups in total. The molecule has 0 saturated heterocycles. The second-order valence-electron chi connectivity index (χ2n) is 5.38. The quantitative estimate of drug-likeness (QED) is 0.534. The highest BCUT2D eigenvalue weighted by Crippen LogP contribution is 2.19. The van der Waals surface area contributed by atoms with E-state index in [9.17, 15) is 0 Å². The van der Waals surface area contributed by atoms with Crippen LogP contribution in [-0.4, -0.2) is 38.6 Å². The predicted molar refractivity (Wildman–Crippen MR) is 80.7 cm³/mol. The van der Waals surface area contributed by atoms with Crippen molar-refractivity contribution in [3.8, 4) is 0 Å². The van der Waals surface area contributed by atoms with Crippen molar-refractivity contribution in [1.29, 1.82) is 0 Å². The lowest BCUT2D eigenvalue weighted by Crippen LogP contribution is -2.37. The average Bonchev–Trinajstić information content (AvgIpc) is 2.44. The van der Waals surface area contributed by atoms with Gasteiger partial charge in [-0.15, -0.1) is 0 Å². The van der Waals surface area contributed by atoms with E-state index in [-0.39, 0.29) is 24.4 Å². The predicted octanol–water partition coefficient (Wildman–Crippen LogP) is 4.19. The van der Waals surface area contributed by atoms with E-state index in [1.807, 2.05) is 0 Å². The van der Waals surface area contributed by atoms with Gasteiger partial charge in [0, 0.05) is 14.2 Å². The number of rotatable bonds is 12. The third kappa shape index (κ3) is 7.91. The van der Waals surface area contributed by atoms with Crippen LogP contribution in [0.3, 0.4) is 0 Å². The first kappa shape index (κ1) is 18.9. The Morgan fingerprint density at radius 2 is 1.11 bits per heavy atom. The molecule has 0 fully saturated rings. The molecule has 0 aliphatic heterocycles. The fourth-order valence-corrected chi connectivity index (χ4v) is 2.17. The minimum absolute atomic E-state index is 0.139. The van der Waals surface area contributed by atoms with Crippen molar-refractivity contribution >= 4 is 0 Å². The molecule has 0 aromatic rings. The summed E-state index contributed by atoms with van der Waals surface area (Å²) in [6.07, 6.45) is 7.48. The molecule has 116 valence electrons. The SMILES string of the molecule is CCCCC(OC(CCCC)C(C)OC)C(C)OC. The van der Waals surface area contributed by atoms with Gasteiger partial charge in [-0.25, -0.2) is 0 Å². The molecule has 0 saturated carbocycles. The molecule has 3 nitrogen and oxygen atoms in total. The van der Waals surface area contributed by atoms with Crippen molar-refractivity contribution in [2.45, 2.75) is 90.6 Å². The lowest BCUT2D eigenvalue weighted by molar-refractivity contribution is -0.128. The lowest BCUT2D eigenvalue weighted by atomic mass is 10.0. The molecule has 0 aliphatic rings. The first-order chi connectivity index (χ1) is 9.10. The summed E-state index contributed by atoms with van der Waals surface area (Å²) in [7, 11) is 3.52. The molecule has 19 heavy (non-hydrogen) atoms. The van der Waals surface area contributed by atoms with Gasteiger partial charge in [-0.1, -0.05) is 39.5 Å². The van der Waals surface area contributed by atoms with E-state index in [0.717, 1.165) is 12.8 Å². The van der Waals surface area contributed by atoms with Crippen LogP contribution in [-0.2, 0) is 14.2 Å². The summed E-state index contributed by atoms with van der Waals surface area (Å²) >= 11 is 0. The van der Waals surface area contributed by atoms with Crippen LogP contribution in [0.15, 0.2) is 0 Å². The number of hydrogen-bond acceptors (Lipinski definition) is 3. The number of ether oxygens (including phenoxy) is 3. The van der Waals surface area contributed by atoms with Crippen LogP contribution in [0, 0.1) is 0 Å². The molecule has 3 heteroatoms. The lowest BCUT2D eigenvalue weighted by Gasteiger charge is -2.31. The van der Waals surface area contributed by atoms with Crippen molar-refractivity contribution in [3.63, 3.8) is 0 Å². The molecule has 0 amide bonds. The highest BCUT2D eigenvalue weighted by atomic mass is 16.6. The number of unbranched alkanes of at least 4 members (excludes halogenated alkanes) is 2. The Bertz CT molecular complexity index is 176. The molecule has 0 aromatic carbocycles. The summed E-state index contributed by atoms with van der Waals surface area (Å²) in [6.45, 7) is 8.60. The van der Waals surface area contributed by atoms with E-state index >= 15 is 0 Å². The van der Waals surface area contributed by atoms with E-state index in [2.05, 4.69) is 27.7 Å². The van der Waals surface area contributed by atoms with Crippen LogP contribution >= 0.6 is 0 Å². The summed E-state index contributed by atoms with van der Waals surface area (Å²) in [5.74, 6) is 0. The van der Waals surface area contributed by atoms with Gasteiger partial charge in [0.25, 0.3) is 0 Å². The second kappa shape index (κ2) is 11.7. The van der Waals surface area contributed by atoms with E-state index in [0.29, 0.717) is 0 Å². The van der Waals surface area contributed by atoms with E-state index < -0.39 is 0 Å². The Morgan fingerprint density at radius 1 is 0.737 bits per heavy atom. The average molecular weight is 274 g/mol. The third-order valence-electron chi connectivity index (χ3n) is 3.82. The molecule has 0 spiro atoms. The Hall–Kier alpha value is -0.120. The maximum Gasteiger partial charge on any atom is 0.0838 e.